The number of esters is 1. The number of rotatable bonds is 2. The summed E-state index contributed by atoms with van der Waals surface area (Å²) in [6.45, 7) is 1.72. The number of halogens is 3. The Morgan fingerprint density at radius 2 is 1.93 bits per heavy atom. The first-order chi connectivity index (χ1) is 6.95. The van der Waals surface area contributed by atoms with Crippen LogP contribution in [0.15, 0.2) is 12.4 Å². The molecular weight excluding hydrogens is 213 g/mol. The van der Waals surface area contributed by atoms with Crippen LogP contribution in [-0.2, 0) is 10.9 Å². The van der Waals surface area contributed by atoms with Gasteiger partial charge in [-0.25, -0.2) is 14.8 Å². The quantitative estimate of drug-likeness (QED) is 0.711. The maximum absolute atomic E-state index is 12.0. The standard InChI is InChI=1S/C8H7F3N2O2/c1-2-15-6(14)5-3-12-7(13-4-5)8(9,10)11/h3-4H,2H2,1H3. The molecule has 1 aromatic rings. The van der Waals surface area contributed by atoms with E-state index in [1.54, 1.807) is 6.92 Å². The van der Waals surface area contributed by atoms with E-state index < -0.39 is 18.0 Å². The van der Waals surface area contributed by atoms with Crippen LogP contribution in [0.5, 0.6) is 0 Å². The summed E-state index contributed by atoms with van der Waals surface area (Å²) in [5.41, 5.74) is -0.107. The third kappa shape index (κ3) is 2.90. The Morgan fingerprint density at radius 3 is 2.33 bits per heavy atom. The highest BCUT2D eigenvalue weighted by molar-refractivity contribution is 5.88. The Morgan fingerprint density at radius 1 is 1.40 bits per heavy atom. The van der Waals surface area contributed by atoms with Gasteiger partial charge >= 0.3 is 12.1 Å². The predicted molar refractivity (Wildman–Crippen MR) is 43.0 cm³/mol. The van der Waals surface area contributed by atoms with Crippen molar-refractivity contribution < 1.29 is 22.7 Å². The Kier molecular flexibility index (Phi) is 3.23. The molecule has 4 nitrogen and oxygen atoms in total. The zero-order valence-electron chi connectivity index (χ0n) is 7.71. The molecule has 15 heavy (non-hydrogen) atoms. The summed E-state index contributed by atoms with van der Waals surface area (Å²) in [5.74, 6) is -2.03. The highest BCUT2D eigenvalue weighted by Crippen LogP contribution is 2.25. The second kappa shape index (κ2) is 4.24. The average molecular weight is 220 g/mol. The van der Waals surface area contributed by atoms with Gasteiger partial charge < -0.3 is 4.74 Å². The maximum Gasteiger partial charge on any atom is 0.451 e. The highest BCUT2D eigenvalue weighted by Gasteiger charge is 2.34. The Bertz CT molecular complexity index is 348. The monoisotopic (exact) mass is 220 g/mol. The van der Waals surface area contributed by atoms with Gasteiger partial charge in [0.25, 0.3) is 0 Å². The summed E-state index contributed by atoms with van der Waals surface area (Å²) in [7, 11) is 0. The van der Waals surface area contributed by atoms with Crippen molar-refractivity contribution in [1.29, 1.82) is 0 Å². The Labute approximate surface area is 83.1 Å². The van der Waals surface area contributed by atoms with Gasteiger partial charge in [-0.05, 0) is 6.92 Å². The summed E-state index contributed by atoms with van der Waals surface area (Å²) in [4.78, 5) is 17.1. The minimum atomic E-state index is -4.60. The molecule has 0 fully saturated rings. The minimum Gasteiger partial charge on any atom is -0.462 e. The topological polar surface area (TPSA) is 52.1 Å². The molecular formula is C8H7F3N2O2. The molecule has 0 spiro atoms. The molecule has 0 saturated heterocycles. The fourth-order valence-electron chi connectivity index (χ4n) is 0.794. The molecule has 0 amide bonds. The van der Waals surface area contributed by atoms with E-state index in [1.165, 1.54) is 0 Å². The molecule has 1 heterocycles. The zero-order valence-corrected chi connectivity index (χ0v) is 7.71. The van der Waals surface area contributed by atoms with Crippen molar-refractivity contribution >= 4 is 5.97 Å². The zero-order chi connectivity index (χ0) is 11.5. The molecule has 0 aliphatic rings. The lowest BCUT2D eigenvalue weighted by Gasteiger charge is -2.04. The fraction of sp³-hybridized carbons (Fsp3) is 0.375. The Balaban J connectivity index is 2.86. The van der Waals surface area contributed by atoms with Crippen LogP contribution >= 0.6 is 0 Å². The first-order valence-corrected chi connectivity index (χ1v) is 4.01. The van der Waals surface area contributed by atoms with Crippen LogP contribution in [0.2, 0.25) is 0 Å². The molecule has 1 rings (SSSR count). The van der Waals surface area contributed by atoms with Crippen LogP contribution in [0.3, 0.4) is 0 Å². The summed E-state index contributed by atoms with van der Waals surface area (Å²) in [6, 6.07) is 0. The molecule has 0 saturated carbocycles. The second-order valence-electron chi connectivity index (χ2n) is 2.51. The first kappa shape index (κ1) is 11.4. The molecule has 1 aromatic heterocycles. The molecule has 82 valence electrons. The van der Waals surface area contributed by atoms with E-state index in [0.29, 0.717) is 0 Å². The van der Waals surface area contributed by atoms with Crippen molar-refractivity contribution in [3.05, 3.63) is 23.8 Å². The third-order valence-electron chi connectivity index (χ3n) is 1.42. The van der Waals surface area contributed by atoms with E-state index >= 15 is 0 Å². The molecule has 0 aromatic carbocycles. The number of hydrogen-bond donors (Lipinski definition) is 0. The lowest BCUT2D eigenvalue weighted by Crippen LogP contribution is -2.13. The SMILES string of the molecule is CCOC(=O)c1cnc(C(F)(F)F)nc1. The van der Waals surface area contributed by atoms with Crippen molar-refractivity contribution in [1.82, 2.24) is 9.97 Å². The van der Waals surface area contributed by atoms with Crippen molar-refractivity contribution in [2.24, 2.45) is 0 Å². The molecule has 0 unspecified atom stereocenters. The molecule has 0 aliphatic heterocycles. The minimum absolute atomic E-state index is 0.107. The van der Waals surface area contributed by atoms with Crippen LogP contribution in [-0.4, -0.2) is 22.5 Å². The van der Waals surface area contributed by atoms with Crippen molar-refractivity contribution in [3.8, 4) is 0 Å². The van der Waals surface area contributed by atoms with Crippen LogP contribution in [0.1, 0.15) is 23.1 Å². The summed E-state index contributed by atoms with van der Waals surface area (Å²) >= 11 is 0. The van der Waals surface area contributed by atoms with Gasteiger partial charge in [-0.15, -0.1) is 0 Å². The van der Waals surface area contributed by atoms with Gasteiger partial charge in [-0.2, -0.15) is 13.2 Å². The fourth-order valence-corrected chi connectivity index (χ4v) is 0.794. The average Bonchev–Trinajstić information content (AvgIpc) is 2.17. The lowest BCUT2D eigenvalue weighted by atomic mass is 10.3. The number of carbonyl (C=O) groups is 1. The van der Waals surface area contributed by atoms with Gasteiger partial charge in [0.1, 0.15) is 0 Å². The van der Waals surface area contributed by atoms with E-state index in [-0.39, 0.29) is 12.2 Å². The summed E-state index contributed by atoms with van der Waals surface area (Å²) in [5, 5.41) is 0. The van der Waals surface area contributed by atoms with Crippen LogP contribution < -0.4 is 0 Å². The number of aromatic nitrogens is 2. The number of carbonyl (C=O) groups excluding carboxylic acids is 1. The number of hydrogen-bond acceptors (Lipinski definition) is 4. The number of nitrogens with zero attached hydrogens (tertiary/aromatic N) is 2. The lowest BCUT2D eigenvalue weighted by molar-refractivity contribution is -0.145. The van der Waals surface area contributed by atoms with Gasteiger partial charge in [-0.1, -0.05) is 0 Å². The summed E-state index contributed by atoms with van der Waals surface area (Å²) in [6.07, 6.45) is -3.03. The van der Waals surface area contributed by atoms with Gasteiger partial charge in [0.15, 0.2) is 0 Å². The molecule has 0 N–H and O–H groups in total. The van der Waals surface area contributed by atoms with Crippen molar-refractivity contribution in [3.63, 3.8) is 0 Å². The Hall–Kier alpha value is -1.66. The predicted octanol–water partition coefficient (Wildman–Crippen LogP) is 1.67. The second-order valence-corrected chi connectivity index (χ2v) is 2.51. The molecule has 0 bridgehead atoms. The van der Waals surface area contributed by atoms with E-state index in [9.17, 15) is 18.0 Å². The van der Waals surface area contributed by atoms with Crippen molar-refractivity contribution in [2.75, 3.05) is 6.61 Å². The van der Waals surface area contributed by atoms with E-state index in [2.05, 4.69) is 14.7 Å². The smallest absolute Gasteiger partial charge is 0.451 e. The van der Waals surface area contributed by atoms with Crippen molar-refractivity contribution in [2.45, 2.75) is 13.1 Å². The molecule has 0 radical (unpaired) electrons. The van der Waals surface area contributed by atoms with Crippen LogP contribution in [0, 0.1) is 0 Å². The highest BCUT2D eigenvalue weighted by atomic mass is 19.4. The van der Waals surface area contributed by atoms with Gasteiger partial charge in [0.2, 0.25) is 5.82 Å². The molecule has 7 heteroatoms. The summed E-state index contributed by atoms with van der Waals surface area (Å²) < 4.78 is 40.6. The number of ether oxygens (including phenoxy) is 1. The van der Waals surface area contributed by atoms with E-state index in [1.807, 2.05) is 0 Å². The third-order valence-corrected chi connectivity index (χ3v) is 1.42. The van der Waals surface area contributed by atoms with E-state index in [0.717, 1.165) is 12.4 Å². The van der Waals surface area contributed by atoms with Crippen LogP contribution in [0.25, 0.3) is 0 Å². The maximum atomic E-state index is 12.0. The van der Waals surface area contributed by atoms with Gasteiger partial charge in [0, 0.05) is 12.4 Å². The van der Waals surface area contributed by atoms with Crippen LogP contribution in [0.4, 0.5) is 13.2 Å². The van der Waals surface area contributed by atoms with Gasteiger partial charge in [-0.3, -0.25) is 0 Å². The van der Waals surface area contributed by atoms with E-state index in [4.69, 9.17) is 0 Å². The largest absolute Gasteiger partial charge is 0.462 e. The first-order valence-electron chi connectivity index (χ1n) is 4.01. The van der Waals surface area contributed by atoms with Gasteiger partial charge in [0.05, 0.1) is 12.2 Å². The number of alkyl halides is 3. The normalized spacial score (nSPS) is 11.2. The molecule has 0 atom stereocenters. The molecule has 0 aliphatic carbocycles.